The molecule has 2 aromatic rings. The SMILES string of the molecule is C[B]c1c[nH]c2ncc(Cl)cc12. The quantitative estimate of drug-likeness (QED) is 0.659. The Morgan fingerprint density at radius 3 is 3.17 bits per heavy atom. The van der Waals surface area contributed by atoms with Gasteiger partial charge < -0.3 is 4.98 Å². The highest BCUT2D eigenvalue weighted by Gasteiger charge is 2.02. The lowest BCUT2D eigenvalue weighted by Gasteiger charge is -1.92. The van der Waals surface area contributed by atoms with E-state index in [0.717, 1.165) is 16.5 Å². The van der Waals surface area contributed by atoms with Crippen molar-refractivity contribution < 1.29 is 0 Å². The Bertz CT molecular complexity index is 410. The first-order valence-corrected chi connectivity index (χ1v) is 4.11. The Morgan fingerprint density at radius 1 is 1.58 bits per heavy atom. The second-order valence-corrected chi connectivity index (χ2v) is 3.02. The van der Waals surface area contributed by atoms with Crippen LogP contribution in [0.4, 0.5) is 0 Å². The number of aromatic amines is 1. The molecular formula is C8H7BClN2. The molecule has 0 atom stereocenters. The van der Waals surface area contributed by atoms with Gasteiger partial charge in [-0.1, -0.05) is 23.9 Å². The van der Waals surface area contributed by atoms with Gasteiger partial charge in [0, 0.05) is 11.6 Å². The molecule has 0 aliphatic heterocycles. The summed E-state index contributed by atoms with van der Waals surface area (Å²) in [5.74, 6) is 0. The molecular weight excluding hydrogens is 170 g/mol. The van der Waals surface area contributed by atoms with Crippen LogP contribution in [0.1, 0.15) is 0 Å². The molecule has 0 aromatic carbocycles. The van der Waals surface area contributed by atoms with Gasteiger partial charge in [-0.15, -0.1) is 0 Å². The summed E-state index contributed by atoms with van der Waals surface area (Å²) in [5, 5.41) is 1.75. The minimum absolute atomic E-state index is 0.671. The topological polar surface area (TPSA) is 28.7 Å². The Labute approximate surface area is 76.2 Å². The van der Waals surface area contributed by atoms with Crippen molar-refractivity contribution in [3.8, 4) is 0 Å². The smallest absolute Gasteiger partial charge is 0.151 e. The van der Waals surface area contributed by atoms with Gasteiger partial charge in [0.1, 0.15) is 5.65 Å². The number of aromatic nitrogens is 2. The number of hydrogen-bond donors (Lipinski definition) is 1. The van der Waals surface area contributed by atoms with Crippen molar-refractivity contribution in [1.29, 1.82) is 0 Å². The van der Waals surface area contributed by atoms with Crippen LogP contribution in [-0.2, 0) is 0 Å². The second kappa shape index (κ2) is 2.83. The van der Waals surface area contributed by atoms with Crippen molar-refractivity contribution in [1.82, 2.24) is 9.97 Å². The maximum absolute atomic E-state index is 5.81. The van der Waals surface area contributed by atoms with E-state index in [-0.39, 0.29) is 0 Å². The minimum atomic E-state index is 0.671. The van der Waals surface area contributed by atoms with Gasteiger partial charge in [0.25, 0.3) is 0 Å². The molecule has 0 spiro atoms. The normalized spacial score (nSPS) is 10.5. The highest BCUT2D eigenvalue weighted by molar-refractivity contribution is 6.55. The van der Waals surface area contributed by atoms with Gasteiger partial charge >= 0.3 is 0 Å². The van der Waals surface area contributed by atoms with Crippen LogP contribution in [0.5, 0.6) is 0 Å². The summed E-state index contributed by atoms with van der Waals surface area (Å²) in [6, 6.07) is 1.91. The van der Waals surface area contributed by atoms with Crippen LogP contribution >= 0.6 is 11.6 Å². The monoisotopic (exact) mass is 177 g/mol. The molecule has 0 amide bonds. The van der Waals surface area contributed by atoms with E-state index < -0.39 is 0 Å². The fourth-order valence-corrected chi connectivity index (χ4v) is 1.39. The van der Waals surface area contributed by atoms with E-state index in [1.807, 2.05) is 26.4 Å². The van der Waals surface area contributed by atoms with Crippen LogP contribution in [0.2, 0.25) is 11.8 Å². The summed E-state index contributed by atoms with van der Waals surface area (Å²) in [6.45, 7) is 1.99. The number of nitrogens with zero attached hydrogens (tertiary/aromatic N) is 1. The van der Waals surface area contributed by atoms with E-state index in [4.69, 9.17) is 11.6 Å². The van der Waals surface area contributed by atoms with E-state index in [1.54, 1.807) is 6.20 Å². The van der Waals surface area contributed by atoms with E-state index in [2.05, 4.69) is 9.97 Å². The Hall–Kier alpha value is -0.955. The third-order valence-corrected chi connectivity index (χ3v) is 2.05. The largest absolute Gasteiger partial charge is 0.347 e. The predicted octanol–water partition coefficient (Wildman–Crippen LogP) is 1.59. The van der Waals surface area contributed by atoms with Crippen LogP contribution < -0.4 is 5.46 Å². The molecule has 0 saturated heterocycles. The van der Waals surface area contributed by atoms with Crippen LogP contribution in [0.25, 0.3) is 11.0 Å². The molecule has 1 N–H and O–H groups in total. The zero-order chi connectivity index (χ0) is 8.55. The van der Waals surface area contributed by atoms with E-state index >= 15 is 0 Å². The molecule has 2 heterocycles. The molecule has 0 fully saturated rings. The number of fused-ring (bicyclic) bond motifs is 1. The Kier molecular flexibility index (Phi) is 1.81. The van der Waals surface area contributed by atoms with Gasteiger partial charge in [-0.2, -0.15) is 0 Å². The maximum atomic E-state index is 5.81. The molecule has 0 aliphatic carbocycles. The molecule has 0 saturated carbocycles. The van der Waals surface area contributed by atoms with Crippen molar-refractivity contribution in [3.63, 3.8) is 0 Å². The van der Waals surface area contributed by atoms with Crippen LogP contribution in [0, 0.1) is 0 Å². The van der Waals surface area contributed by atoms with Gasteiger partial charge in [-0.05, 0) is 12.3 Å². The maximum Gasteiger partial charge on any atom is 0.151 e. The number of hydrogen-bond acceptors (Lipinski definition) is 1. The number of rotatable bonds is 1. The highest BCUT2D eigenvalue weighted by Crippen LogP contribution is 2.13. The zero-order valence-corrected chi connectivity index (χ0v) is 7.39. The Morgan fingerprint density at radius 2 is 2.42 bits per heavy atom. The van der Waals surface area contributed by atoms with Crippen LogP contribution in [0.3, 0.4) is 0 Å². The molecule has 59 valence electrons. The molecule has 2 rings (SSSR count). The van der Waals surface area contributed by atoms with Crippen LogP contribution in [-0.4, -0.2) is 17.2 Å². The van der Waals surface area contributed by atoms with Crippen molar-refractivity contribution in [2.45, 2.75) is 6.82 Å². The fraction of sp³-hybridized carbons (Fsp3) is 0.125. The summed E-state index contributed by atoms with van der Waals surface area (Å²) < 4.78 is 0. The molecule has 2 aromatic heterocycles. The lowest BCUT2D eigenvalue weighted by atomic mass is 9.73. The van der Waals surface area contributed by atoms with Gasteiger partial charge in [-0.25, -0.2) is 4.98 Å². The Balaban J connectivity index is 2.75. The first-order chi connectivity index (χ1) is 5.81. The molecule has 1 radical (unpaired) electrons. The van der Waals surface area contributed by atoms with E-state index in [1.165, 1.54) is 0 Å². The average molecular weight is 177 g/mol. The summed E-state index contributed by atoms with van der Waals surface area (Å²) in [4.78, 5) is 7.21. The van der Waals surface area contributed by atoms with Gasteiger partial charge in [0.15, 0.2) is 7.28 Å². The summed E-state index contributed by atoms with van der Waals surface area (Å²) in [6.07, 6.45) is 3.56. The van der Waals surface area contributed by atoms with Gasteiger partial charge in [0.2, 0.25) is 0 Å². The second-order valence-electron chi connectivity index (χ2n) is 2.58. The zero-order valence-electron chi connectivity index (χ0n) is 6.63. The van der Waals surface area contributed by atoms with E-state index in [0.29, 0.717) is 5.02 Å². The standard InChI is InChI=1S/C8H7BClN2/c1-9-7-4-12-8-6(7)2-5(10)3-11-8/h2-4H,1H3,(H,11,12). The molecule has 0 aliphatic rings. The lowest BCUT2D eigenvalue weighted by Crippen LogP contribution is -2.07. The number of halogens is 1. The van der Waals surface area contributed by atoms with Gasteiger partial charge in [-0.3, -0.25) is 0 Å². The van der Waals surface area contributed by atoms with E-state index in [9.17, 15) is 0 Å². The summed E-state index contributed by atoms with van der Waals surface area (Å²) in [5.41, 5.74) is 2.02. The third-order valence-electron chi connectivity index (χ3n) is 1.84. The minimum Gasteiger partial charge on any atom is -0.347 e. The fourth-order valence-electron chi connectivity index (χ4n) is 1.24. The predicted molar refractivity (Wildman–Crippen MR) is 52.4 cm³/mol. The molecule has 12 heavy (non-hydrogen) atoms. The molecule has 0 bridgehead atoms. The third kappa shape index (κ3) is 1.10. The number of pyridine rings is 1. The molecule has 2 nitrogen and oxygen atoms in total. The highest BCUT2D eigenvalue weighted by atomic mass is 35.5. The number of H-pyrrole nitrogens is 1. The van der Waals surface area contributed by atoms with Crippen molar-refractivity contribution >= 4 is 35.4 Å². The summed E-state index contributed by atoms with van der Waals surface area (Å²) in [7, 11) is 2.02. The molecule has 0 unspecified atom stereocenters. The number of nitrogens with one attached hydrogen (secondary N) is 1. The summed E-state index contributed by atoms with van der Waals surface area (Å²) >= 11 is 5.81. The van der Waals surface area contributed by atoms with Crippen molar-refractivity contribution in [2.75, 3.05) is 0 Å². The lowest BCUT2D eigenvalue weighted by molar-refractivity contribution is 1.33. The molecule has 4 heteroatoms. The van der Waals surface area contributed by atoms with Gasteiger partial charge in [0.05, 0.1) is 5.02 Å². The average Bonchev–Trinajstić information content (AvgIpc) is 2.46. The first kappa shape index (κ1) is 7.68. The van der Waals surface area contributed by atoms with Crippen LogP contribution in [0.15, 0.2) is 18.5 Å². The first-order valence-electron chi connectivity index (χ1n) is 3.73. The van der Waals surface area contributed by atoms with Crippen molar-refractivity contribution in [3.05, 3.63) is 23.5 Å². The van der Waals surface area contributed by atoms with Crippen molar-refractivity contribution in [2.24, 2.45) is 0 Å².